The summed E-state index contributed by atoms with van der Waals surface area (Å²) >= 11 is 4.58. The molecule has 0 radical (unpaired) electrons. The Balaban J connectivity index is 2.21. The molecule has 0 aliphatic carbocycles. The lowest BCUT2D eigenvalue weighted by atomic mass is 10.2. The highest BCUT2D eigenvalue weighted by Crippen LogP contribution is 2.25. The van der Waals surface area contributed by atoms with Gasteiger partial charge in [-0.15, -0.1) is 11.3 Å². The van der Waals surface area contributed by atoms with Crippen LogP contribution in [0.3, 0.4) is 0 Å². The van der Waals surface area contributed by atoms with E-state index < -0.39 is 0 Å². The van der Waals surface area contributed by atoms with Gasteiger partial charge in [0.05, 0.1) is 9.35 Å². The van der Waals surface area contributed by atoms with Crippen LogP contribution in [0.1, 0.15) is 27.0 Å². The fraction of sp³-hybridized carbons (Fsp3) is 0.214. The first-order valence-corrected chi connectivity index (χ1v) is 7.48. The summed E-state index contributed by atoms with van der Waals surface area (Å²) in [7, 11) is 0. The summed E-state index contributed by atoms with van der Waals surface area (Å²) < 4.78 is 13.9. The number of nitrogens with one attached hydrogen (secondary N) is 1. The number of hydrogen-bond donors (Lipinski definition) is 1. The van der Waals surface area contributed by atoms with Crippen molar-refractivity contribution in [2.24, 2.45) is 0 Å². The molecule has 0 aliphatic rings. The molecule has 0 fully saturated rings. The van der Waals surface area contributed by atoms with Crippen molar-refractivity contribution in [1.82, 2.24) is 0 Å². The fourth-order valence-corrected chi connectivity index (χ4v) is 2.96. The van der Waals surface area contributed by atoms with E-state index in [1.54, 1.807) is 12.1 Å². The Morgan fingerprint density at radius 2 is 2.16 bits per heavy atom. The van der Waals surface area contributed by atoms with Gasteiger partial charge in [0.1, 0.15) is 5.82 Å². The number of anilines is 1. The minimum atomic E-state index is -0.388. The number of aryl methyl sites for hydroxylation is 2. The van der Waals surface area contributed by atoms with Crippen LogP contribution in [-0.2, 0) is 6.42 Å². The Morgan fingerprint density at radius 3 is 2.79 bits per heavy atom. The van der Waals surface area contributed by atoms with Gasteiger partial charge in [0.2, 0.25) is 0 Å². The first-order chi connectivity index (χ1) is 9.01. The molecule has 0 unspecified atom stereocenters. The third-order valence-electron chi connectivity index (χ3n) is 2.75. The molecule has 5 heteroatoms. The van der Waals surface area contributed by atoms with E-state index in [4.69, 9.17) is 0 Å². The van der Waals surface area contributed by atoms with Crippen molar-refractivity contribution >= 4 is 38.9 Å². The first-order valence-electron chi connectivity index (χ1n) is 5.87. The molecule has 0 atom stereocenters. The summed E-state index contributed by atoms with van der Waals surface area (Å²) in [6.45, 7) is 3.87. The topological polar surface area (TPSA) is 29.1 Å². The number of benzene rings is 1. The molecule has 2 nitrogen and oxygen atoms in total. The molecule has 0 aliphatic heterocycles. The SMILES string of the molecule is CCc1ccc(C(=O)Nc2cc(F)c(Br)cc2C)s1. The zero-order valence-corrected chi connectivity index (χ0v) is 13.0. The standard InChI is InChI=1S/C14H13BrFNOS/c1-3-9-4-5-13(19-9)14(18)17-12-7-11(16)10(15)6-8(12)2/h4-7H,3H2,1-2H3,(H,17,18). The summed E-state index contributed by atoms with van der Waals surface area (Å²) in [6.07, 6.45) is 0.907. The van der Waals surface area contributed by atoms with Crippen LogP contribution in [0.15, 0.2) is 28.7 Å². The summed E-state index contributed by atoms with van der Waals surface area (Å²) in [5, 5.41) is 2.74. The molecule has 1 N–H and O–H groups in total. The van der Waals surface area contributed by atoms with E-state index in [9.17, 15) is 9.18 Å². The van der Waals surface area contributed by atoms with Gasteiger partial charge in [0, 0.05) is 10.6 Å². The molecule has 1 amide bonds. The van der Waals surface area contributed by atoms with Gasteiger partial charge in [-0.05, 0) is 59.1 Å². The van der Waals surface area contributed by atoms with Crippen LogP contribution in [0.4, 0.5) is 10.1 Å². The predicted octanol–water partition coefficient (Wildman–Crippen LogP) is 4.77. The number of hydrogen-bond acceptors (Lipinski definition) is 2. The second-order valence-corrected chi connectivity index (χ2v) is 6.18. The highest BCUT2D eigenvalue weighted by atomic mass is 79.9. The second kappa shape index (κ2) is 5.84. The van der Waals surface area contributed by atoms with Crippen molar-refractivity contribution in [3.8, 4) is 0 Å². The van der Waals surface area contributed by atoms with E-state index in [0.29, 0.717) is 15.0 Å². The Bertz CT molecular complexity index is 624. The zero-order chi connectivity index (χ0) is 14.0. The van der Waals surface area contributed by atoms with Gasteiger partial charge in [-0.1, -0.05) is 6.92 Å². The highest BCUT2D eigenvalue weighted by Gasteiger charge is 2.12. The average Bonchev–Trinajstić information content (AvgIpc) is 2.84. The van der Waals surface area contributed by atoms with Gasteiger partial charge in [-0.2, -0.15) is 0 Å². The second-order valence-electron chi connectivity index (χ2n) is 4.15. The maximum absolute atomic E-state index is 13.5. The van der Waals surface area contributed by atoms with E-state index >= 15 is 0 Å². The number of halogens is 2. The molecule has 0 saturated carbocycles. The van der Waals surface area contributed by atoms with Crippen molar-refractivity contribution in [2.45, 2.75) is 20.3 Å². The van der Waals surface area contributed by atoms with Gasteiger partial charge in [0.15, 0.2) is 0 Å². The lowest BCUT2D eigenvalue weighted by Crippen LogP contribution is -2.11. The molecule has 0 saturated heterocycles. The van der Waals surface area contributed by atoms with E-state index in [1.807, 2.05) is 19.9 Å². The Hall–Kier alpha value is -1.20. The molecular formula is C14H13BrFNOS. The van der Waals surface area contributed by atoms with Crippen molar-refractivity contribution in [3.63, 3.8) is 0 Å². The van der Waals surface area contributed by atoms with Gasteiger partial charge < -0.3 is 5.32 Å². The summed E-state index contributed by atoms with van der Waals surface area (Å²) in [6, 6.07) is 6.71. The normalized spacial score (nSPS) is 10.5. The largest absolute Gasteiger partial charge is 0.321 e. The molecule has 1 aromatic carbocycles. The van der Waals surface area contributed by atoms with Gasteiger partial charge in [-0.25, -0.2) is 4.39 Å². The lowest BCUT2D eigenvalue weighted by Gasteiger charge is -2.08. The molecule has 1 heterocycles. The average molecular weight is 342 g/mol. The summed E-state index contributed by atoms with van der Waals surface area (Å²) in [4.78, 5) is 13.9. The molecule has 2 aromatic rings. The maximum Gasteiger partial charge on any atom is 0.265 e. The van der Waals surface area contributed by atoms with Crippen LogP contribution >= 0.6 is 27.3 Å². The number of thiophene rings is 1. The van der Waals surface area contributed by atoms with Crippen LogP contribution < -0.4 is 5.32 Å². The third kappa shape index (κ3) is 3.22. The zero-order valence-electron chi connectivity index (χ0n) is 10.6. The van der Waals surface area contributed by atoms with Crippen molar-refractivity contribution in [2.75, 3.05) is 5.32 Å². The molecule has 19 heavy (non-hydrogen) atoms. The van der Waals surface area contributed by atoms with E-state index in [1.165, 1.54) is 17.4 Å². The number of amides is 1. The van der Waals surface area contributed by atoms with Crippen LogP contribution in [0.2, 0.25) is 0 Å². The Morgan fingerprint density at radius 1 is 1.42 bits per heavy atom. The van der Waals surface area contributed by atoms with Crippen LogP contribution in [0.25, 0.3) is 0 Å². The molecule has 0 bridgehead atoms. The van der Waals surface area contributed by atoms with E-state index in [2.05, 4.69) is 21.2 Å². The van der Waals surface area contributed by atoms with Crippen LogP contribution in [0.5, 0.6) is 0 Å². The first kappa shape index (κ1) is 14.2. The number of carbonyl (C=O) groups is 1. The Labute approximate surface area is 123 Å². The van der Waals surface area contributed by atoms with Crippen molar-refractivity contribution in [1.29, 1.82) is 0 Å². The molecule has 0 spiro atoms. The highest BCUT2D eigenvalue weighted by molar-refractivity contribution is 9.10. The molecule has 1 aromatic heterocycles. The maximum atomic E-state index is 13.5. The van der Waals surface area contributed by atoms with Crippen LogP contribution in [-0.4, -0.2) is 5.91 Å². The molecule has 2 rings (SSSR count). The monoisotopic (exact) mass is 341 g/mol. The minimum Gasteiger partial charge on any atom is -0.321 e. The molecular weight excluding hydrogens is 329 g/mol. The van der Waals surface area contributed by atoms with Crippen LogP contribution in [0, 0.1) is 12.7 Å². The summed E-state index contributed by atoms with van der Waals surface area (Å²) in [5.74, 6) is -0.587. The summed E-state index contributed by atoms with van der Waals surface area (Å²) in [5.41, 5.74) is 1.31. The lowest BCUT2D eigenvalue weighted by molar-refractivity contribution is 0.103. The van der Waals surface area contributed by atoms with Gasteiger partial charge >= 0.3 is 0 Å². The van der Waals surface area contributed by atoms with E-state index in [-0.39, 0.29) is 11.7 Å². The van der Waals surface area contributed by atoms with Crippen molar-refractivity contribution in [3.05, 3.63) is 49.9 Å². The predicted molar refractivity (Wildman–Crippen MR) is 80.5 cm³/mol. The Kier molecular flexibility index (Phi) is 4.37. The van der Waals surface area contributed by atoms with Gasteiger partial charge in [-0.3, -0.25) is 4.79 Å². The fourth-order valence-electron chi connectivity index (χ4n) is 1.65. The van der Waals surface area contributed by atoms with Gasteiger partial charge in [0.25, 0.3) is 5.91 Å². The van der Waals surface area contributed by atoms with E-state index in [0.717, 1.165) is 16.9 Å². The minimum absolute atomic E-state index is 0.200. The number of carbonyl (C=O) groups excluding carboxylic acids is 1. The smallest absolute Gasteiger partial charge is 0.265 e. The number of rotatable bonds is 3. The third-order valence-corrected chi connectivity index (χ3v) is 4.59. The van der Waals surface area contributed by atoms with Crippen molar-refractivity contribution < 1.29 is 9.18 Å². The molecule has 100 valence electrons. The quantitative estimate of drug-likeness (QED) is 0.855.